The van der Waals surface area contributed by atoms with E-state index in [1.165, 1.54) is 5.52 Å². The highest BCUT2D eigenvalue weighted by molar-refractivity contribution is 6.32. The molecule has 3 aromatic heterocycles. The molecule has 1 aromatic carbocycles. The van der Waals surface area contributed by atoms with Crippen molar-refractivity contribution in [3.05, 3.63) is 47.7 Å². The summed E-state index contributed by atoms with van der Waals surface area (Å²) in [6, 6.07) is 9.98. The number of pyridine rings is 1. The summed E-state index contributed by atoms with van der Waals surface area (Å²) in [5.74, 6) is 1.30. The lowest BCUT2D eigenvalue weighted by molar-refractivity contribution is 0.233. The standard InChI is InChI=1S/C22H23ClN4O2/c1-4-5-10-27-11-9-16-17(7-6-8-19(16)27)20-25-21(29-26-20)15-12-18(23)22(24-13-15)28-14(2)3/h6-9,11-14H,4-5,10H2,1-3H3. The van der Waals surface area contributed by atoms with Crippen LogP contribution in [-0.4, -0.2) is 25.8 Å². The van der Waals surface area contributed by atoms with Crippen LogP contribution < -0.4 is 4.74 Å². The van der Waals surface area contributed by atoms with E-state index in [9.17, 15) is 0 Å². The Hall–Kier alpha value is -2.86. The summed E-state index contributed by atoms with van der Waals surface area (Å²) >= 11 is 6.29. The number of halogens is 1. The lowest BCUT2D eigenvalue weighted by atomic mass is 10.1. The number of rotatable bonds is 7. The fourth-order valence-electron chi connectivity index (χ4n) is 3.24. The molecule has 29 heavy (non-hydrogen) atoms. The molecule has 150 valence electrons. The quantitative estimate of drug-likeness (QED) is 0.374. The van der Waals surface area contributed by atoms with Crippen molar-refractivity contribution < 1.29 is 9.26 Å². The van der Waals surface area contributed by atoms with Crippen LogP contribution in [-0.2, 0) is 6.54 Å². The molecule has 0 N–H and O–H groups in total. The van der Waals surface area contributed by atoms with E-state index in [2.05, 4.69) is 44.9 Å². The molecule has 0 unspecified atom stereocenters. The Morgan fingerprint density at radius 3 is 2.86 bits per heavy atom. The molecule has 0 spiro atoms. The average Bonchev–Trinajstić information content (AvgIpc) is 3.35. The lowest BCUT2D eigenvalue weighted by Gasteiger charge is -2.09. The van der Waals surface area contributed by atoms with Gasteiger partial charge in [0.1, 0.15) is 5.02 Å². The van der Waals surface area contributed by atoms with Crippen LogP contribution in [0.2, 0.25) is 5.02 Å². The Balaban J connectivity index is 1.66. The van der Waals surface area contributed by atoms with Gasteiger partial charge in [-0.05, 0) is 38.5 Å². The van der Waals surface area contributed by atoms with Gasteiger partial charge in [0.05, 0.1) is 11.7 Å². The molecule has 0 saturated carbocycles. The number of hydrogen-bond acceptors (Lipinski definition) is 5. The van der Waals surface area contributed by atoms with Crippen molar-refractivity contribution in [3.8, 4) is 28.7 Å². The summed E-state index contributed by atoms with van der Waals surface area (Å²) < 4.78 is 13.3. The number of nitrogens with zero attached hydrogens (tertiary/aromatic N) is 4. The molecule has 0 atom stereocenters. The molecule has 6 nitrogen and oxygen atoms in total. The molecular formula is C22H23ClN4O2. The second-order valence-electron chi connectivity index (χ2n) is 7.20. The summed E-state index contributed by atoms with van der Waals surface area (Å²) in [4.78, 5) is 8.85. The van der Waals surface area contributed by atoms with Gasteiger partial charge in [-0.15, -0.1) is 0 Å². The van der Waals surface area contributed by atoms with Gasteiger partial charge in [0.2, 0.25) is 11.7 Å². The number of fused-ring (bicyclic) bond motifs is 1. The van der Waals surface area contributed by atoms with Crippen molar-refractivity contribution >= 4 is 22.5 Å². The minimum absolute atomic E-state index is 0.00835. The van der Waals surface area contributed by atoms with Crippen LogP contribution in [0.5, 0.6) is 5.88 Å². The highest BCUT2D eigenvalue weighted by atomic mass is 35.5. The summed E-state index contributed by atoms with van der Waals surface area (Å²) in [6.07, 6.45) is 6.03. The maximum Gasteiger partial charge on any atom is 0.259 e. The molecule has 7 heteroatoms. The van der Waals surface area contributed by atoms with Crippen molar-refractivity contribution in [3.63, 3.8) is 0 Å². The van der Waals surface area contributed by atoms with Crippen molar-refractivity contribution in [2.45, 2.75) is 46.3 Å². The van der Waals surface area contributed by atoms with Gasteiger partial charge in [-0.25, -0.2) is 4.98 Å². The van der Waals surface area contributed by atoms with Crippen molar-refractivity contribution in [2.75, 3.05) is 0 Å². The molecule has 0 amide bonds. The topological polar surface area (TPSA) is 66.0 Å². The van der Waals surface area contributed by atoms with Gasteiger partial charge < -0.3 is 13.8 Å². The third kappa shape index (κ3) is 3.98. The summed E-state index contributed by atoms with van der Waals surface area (Å²) in [6.45, 7) is 7.04. The van der Waals surface area contributed by atoms with E-state index >= 15 is 0 Å². The molecule has 3 heterocycles. The van der Waals surface area contributed by atoms with Crippen LogP contribution in [0.15, 0.2) is 47.2 Å². The molecule has 0 aliphatic carbocycles. The van der Waals surface area contributed by atoms with Gasteiger partial charge in [-0.3, -0.25) is 0 Å². The molecular weight excluding hydrogens is 388 g/mol. The largest absolute Gasteiger partial charge is 0.474 e. The zero-order valence-electron chi connectivity index (χ0n) is 16.7. The number of benzene rings is 1. The Kier molecular flexibility index (Phi) is 5.53. The monoisotopic (exact) mass is 410 g/mol. The molecule has 0 saturated heterocycles. The van der Waals surface area contributed by atoms with E-state index in [0.717, 1.165) is 30.3 Å². The highest BCUT2D eigenvalue weighted by Gasteiger charge is 2.16. The molecule has 0 bridgehead atoms. The van der Waals surface area contributed by atoms with Gasteiger partial charge in [-0.1, -0.05) is 42.2 Å². The van der Waals surface area contributed by atoms with Crippen molar-refractivity contribution in [2.24, 2.45) is 0 Å². The third-order valence-corrected chi connectivity index (χ3v) is 4.91. The maximum absolute atomic E-state index is 6.29. The minimum atomic E-state index is -0.00835. The van der Waals surface area contributed by atoms with E-state index in [1.54, 1.807) is 12.3 Å². The van der Waals surface area contributed by atoms with Gasteiger partial charge in [0.15, 0.2) is 0 Å². The van der Waals surface area contributed by atoms with E-state index < -0.39 is 0 Å². The lowest BCUT2D eigenvalue weighted by Crippen LogP contribution is -2.07. The molecule has 4 aromatic rings. The first-order valence-electron chi connectivity index (χ1n) is 9.81. The highest BCUT2D eigenvalue weighted by Crippen LogP contribution is 2.31. The second-order valence-corrected chi connectivity index (χ2v) is 7.61. The molecule has 4 rings (SSSR count). The van der Waals surface area contributed by atoms with E-state index in [4.69, 9.17) is 20.9 Å². The number of unbranched alkanes of at least 4 members (excludes halogenated alkanes) is 1. The molecule has 0 aliphatic heterocycles. The minimum Gasteiger partial charge on any atom is -0.474 e. The SMILES string of the molecule is CCCCn1ccc2c(-c3noc(-c4cnc(OC(C)C)c(Cl)c4)n3)cccc21. The summed E-state index contributed by atoms with van der Waals surface area (Å²) in [5.41, 5.74) is 2.76. The fraction of sp³-hybridized carbons (Fsp3) is 0.318. The first-order chi connectivity index (χ1) is 14.1. The Morgan fingerprint density at radius 2 is 2.10 bits per heavy atom. The number of aryl methyl sites for hydroxylation is 1. The smallest absolute Gasteiger partial charge is 0.259 e. The van der Waals surface area contributed by atoms with E-state index in [1.807, 2.05) is 26.0 Å². The zero-order valence-corrected chi connectivity index (χ0v) is 17.5. The van der Waals surface area contributed by atoms with Crippen LogP contribution in [0.3, 0.4) is 0 Å². The Morgan fingerprint density at radius 1 is 1.24 bits per heavy atom. The fourth-order valence-corrected chi connectivity index (χ4v) is 3.46. The predicted octanol–water partition coefficient (Wildman–Crippen LogP) is 5.99. The normalized spacial score (nSPS) is 11.5. The Labute approximate surface area is 174 Å². The Bertz CT molecular complexity index is 1130. The molecule has 0 radical (unpaired) electrons. The predicted molar refractivity (Wildman–Crippen MR) is 114 cm³/mol. The van der Waals surface area contributed by atoms with Gasteiger partial charge in [0.25, 0.3) is 5.89 Å². The van der Waals surface area contributed by atoms with Crippen molar-refractivity contribution in [1.82, 2.24) is 19.7 Å². The first kappa shape index (κ1) is 19.5. The summed E-state index contributed by atoms with van der Waals surface area (Å²) in [7, 11) is 0. The van der Waals surface area contributed by atoms with Crippen LogP contribution in [0.25, 0.3) is 33.7 Å². The summed E-state index contributed by atoms with van der Waals surface area (Å²) in [5, 5.41) is 5.70. The van der Waals surface area contributed by atoms with Crippen LogP contribution in [0, 0.1) is 0 Å². The average molecular weight is 411 g/mol. The van der Waals surface area contributed by atoms with Gasteiger partial charge in [-0.2, -0.15) is 4.98 Å². The van der Waals surface area contributed by atoms with Crippen molar-refractivity contribution in [1.29, 1.82) is 0 Å². The van der Waals surface area contributed by atoms with Crippen LogP contribution >= 0.6 is 11.6 Å². The molecule has 0 fully saturated rings. The second kappa shape index (κ2) is 8.25. The third-order valence-electron chi connectivity index (χ3n) is 4.63. The van der Waals surface area contributed by atoms with Crippen LogP contribution in [0.1, 0.15) is 33.6 Å². The number of hydrogen-bond donors (Lipinski definition) is 0. The first-order valence-corrected chi connectivity index (χ1v) is 10.2. The van der Waals surface area contributed by atoms with Gasteiger partial charge >= 0.3 is 0 Å². The number of aromatic nitrogens is 4. The number of ether oxygens (including phenoxy) is 1. The zero-order chi connectivity index (χ0) is 20.4. The molecule has 0 aliphatic rings. The van der Waals surface area contributed by atoms with Crippen LogP contribution in [0.4, 0.5) is 0 Å². The van der Waals surface area contributed by atoms with E-state index in [0.29, 0.717) is 28.2 Å². The maximum atomic E-state index is 6.29. The van der Waals surface area contributed by atoms with Gasteiger partial charge in [0, 0.05) is 35.4 Å². The van der Waals surface area contributed by atoms with E-state index in [-0.39, 0.29) is 6.10 Å².